The summed E-state index contributed by atoms with van der Waals surface area (Å²) in [6.07, 6.45) is 0. The molecule has 0 bridgehead atoms. The SMILES string of the molecule is ClC(Cl)(Cl)c1nc([C]#[Y])nc(C(Cl)(Cl)Cl)n1. The van der Waals surface area contributed by atoms with Crippen LogP contribution in [0.3, 0.4) is 0 Å². The Kier molecular flexibility index (Phi) is 5.62. The first-order valence-corrected chi connectivity index (χ1v) is 7.20. The molecule has 1 aromatic rings. The molecule has 0 fully saturated rings. The summed E-state index contributed by atoms with van der Waals surface area (Å²) in [6, 6.07) is 0. The van der Waals surface area contributed by atoms with Crippen molar-refractivity contribution in [3.63, 3.8) is 0 Å². The predicted octanol–water partition coefficient (Wildman–Crippen LogP) is 3.38. The van der Waals surface area contributed by atoms with Crippen LogP contribution < -0.4 is 0 Å². The van der Waals surface area contributed by atoms with Crippen LogP contribution in [0, 0.1) is 2.59 Å². The van der Waals surface area contributed by atoms with E-state index in [9.17, 15) is 0 Å². The second-order valence-electron chi connectivity index (χ2n) is 2.45. The molecule has 0 radical (unpaired) electrons. The van der Waals surface area contributed by atoms with E-state index in [0.717, 1.165) is 0 Å². The Morgan fingerprint density at radius 1 is 0.812 bits per heavy atom. The zero-order valence-corrected chi connectivity index (χ0v) is 14.6. The molecule has 0 aliphatic rings. The van der Waals surface area contributed by atoms with Gasteiger partial charge in [-0.05, 0) is 0 Å². The average molecular weight is 416 g/mol. The molecule has 0 aliphatic carbocycles. The van der Waals surface area contributed by atoms with Gasteiger partial charge in [0.15, 0.2) is 0 Å². The Morgan fingerprint density at radius 3 is 1.44 bits per heavy atom. The molecule has 0 atom stereocenters. The van der Waals surface area contributed by atoms with Gasteiger partial charge in [-0.15, -0.1) is 0 Å². The second-order valence-corrected chi connectivity index (χ2v) is 7.72. The van der Waals surface area contributed by atoms with Gasteiger partial charge in [-0.3, -0.25) is 0 Å². The topological polar surface area (TPSA) is 38.7 Å². The number of hydrogen-bond donors (Lipinski definition) is 0. The summed E-state index contributed by atoms with van der Waals surface area (Å²) in [4.78, 5) is 11.5. The quantitative estimate of drug-likeness (QED) is 0.610. The van der Waals surface area contributed by atoms with Gasteiger partial charge in [0.1, 0.15) is 0 Å². The molecule has 1 rings (SSSR count). The average Bonchev–Trinajstić information content (AvgIpc) is 2.14. The number of halogens is 6. The molecular weight excluding hydrogens is 416 g/mol. The summed E-state index contributed by atoms with van der Waals surface area (Å²) in [5.74, 6) is -0.0173. The van der Waals surface area contributed by atoms with Crippen LogP contribution in [0.1, 0.15) is 17.5 Å². The van der Waals surface area contributed by atoms with E-state index in [2.05, 4.69) is 17.5 Å². The summed E-state index contributed by atoms with van der Waals surface area (Å²) in [7, 11) is 0. The van der Waals surface area contributed by atoms with Crippen molar-refractivity contribution in [3.8, 4) is 2.59 Å². The summed E-state index contributed by atoms with van der Waals surface area (Å²) < 4.78 is -0.844. The summed E-state index contributed by atoms with van der Waals surface area (Å²) >= 11 is 34.5. The Labute approximate surface area is 141 Å². The summed E-state index contributed by atoms with van der Waals surface area (Å²) in [5.41, 5.74) is 0. The molecule has 0 aliphatic heterocycles. The van der Waals surface area contributed by atoms with Crippen LogP contribution in [-0.4, -0.2) is 15.0 Å². The fourth-order valence-corrected chi connectivity index (χ4v) is 1.52. The van der Waals surface area contributed by atoms with Crippen molar-refractivity contribution in [2.24, 2.45) is 0 Å². The second kappa shape index (κ2) is 5.73. The minimum absolute atomic E-state index is 0.106. The van der Waals surface area contributed by atoms with Gasteiger partial charge in [-0.1, -0.05) is 0 Å². The molecule has 0 saturated heterocycles. The molecule has 0 unspecified atom stereocenters. The first-order valence-electron chi connectivity index (χ1n) is 3.51. The van der Waals surface area contributed by atoms with E-state index in [4.69, 9.17) is 69.6 Å². The number of aromatic nitrogens is 3. The van der Waals surface area contributed by atoms with Gasteiger partial charge in [-0.2, -0.15) is 0 Å². The van der Waals surface area contributed by atoms with Crippen LogP contribution in [0.5, 0.6) is 0 Å². The van der Waals surface area contributed by atoms with Crippen LogP contribution in [0.25, 0.3) is 0 Å². The fourth-order valence-electron chi connectivity index (χ4n) is 0.694. The van der Waals surface area contributed by atoms with Crippen molar-refractivity contribution in [1.29, 1.82) is 0 Å². The van der Waals surface area contributed by atoms with Crippen LogP contribution in [0.4, 0.5) is 0 Å². The Balaban J connectivity index is 3.41. The number of rotatable bonds is 0. The minimum atomic E-state index is -1.81. The van der Waals surface area contributed by atoms with E-state index in [-0.39, 0.29) is 17.5 Å². The first-order chi connectivity index (χ1) is 7.14. The van der Waals surface area contributed by atoms with Crippen molar-refractivity contribution in [3.05, 3.63) is 17.5 Å². The molecule has 16 heavy (non-hydrogen) atoms. The van der Waals surface area contributed by atoms with E-state index < -0.39 is 7.59 Å². The molecule has 1 aromatic heterocycles. The van der Waals surface area contributed by atoms with Crippen molar-refractivity contribution in [1.82, 2.24) is 15.0 Å². The Bertz CT molecular complexity index is 413. The van der Waals surface area contributed by atoms with Crippen molar-refractivity contribution in [2.75, 3.05) is 0 Å². The zero-order chi connectivity index (χ0) is 12.6. The molecular formula is C6Cl6N3Y. The van der Waals surface area contributed by atoms with Gasteiger partial charge in [0.25, 0.3) is 0 Å². The van der Waals surface area contributed by atoms with Gasteiger partial charge in [0, 0.05) is 0 Å². The molecule has 0 spiro atoms. The molecule has 10 heteroatoms. The molecule has 0 N–H and O–H groups in total. The van der Waals surface area contributed by atoms with Crippen LogP contribution in [-0.2, 0) is 37.8 Å². The maximum absolute atomic E-state index is 5.64. The summed E-state index contributed by atoms with van der Waals surface area (Å²) in [5, 5.41) is 0. The molecule has 1 heterocycles. The van der Waals surface area contributed by atoms with E-state index in [1.54, 1.807) is 0 Å². The third-order valence-electron chi connectivity index (χ3n) is 1.27. The van der Waals surface area contributed by atoms with Crippen molar-refractivity contribution in [2.45, 2.75) is 7.59 Å². The molecule has 0 saturated carbocycles. The molecule has 0 aromatic carbocycles. The van der Waals surface area contributed by atoms with Crippen LogP contribution in [0.15, 0.2) is 0 Å². The Morgan fingerprint density at radius 2 is 1.19 bits per heavy atom. The third-order valence-corrected chi connectivity index (χ3v) is 2.92. The normalized spacial score (nSPS) is 12.5. The maximum atomic E-state index is 5.64. The van der Waals surface area contributed by atoms with E-state index in [1.165, 1.54) is 0 Å². The van der Waals surface area contributed by atoms with Gasteiger partial charge in [0.2, 0.25) is 0 Å². The van der Waals surface area contributed by atoms with E-state index in [1.807, 2.05) is 0 Å². The fraction of sp³-hybridized carbons (Fsp3) is 0.333. The number of nitrogens with zero attached hydrogens (tertiary/aromatic N) is 3. The Hall–Kier alpha value is 1.63. The monoisotopic (exact) mass is 413 g/mol. The van der Waals surface area contributed by atoms with Gasteiger partial charge < -0.3 is 0 Å². The predicted molar refractivity (Wildman–Crippen MR) is 61.3 cm³/mol. The third kappa shape index (κ3) is 4.38. The standard InChI is InChI=1S/C6Cl6N3.Y/c1-2-13-3(5(7,8)9)15-4(14-2)6(10,11)12;. The van der Waals surface area contributed by atoms with Crippen LogP contribution in [0.2, 0.25) is 0 Å². The summed E-state index contributed by atoms with van der Waals surface area (Å²) in [6.45, 7) is 0. The molecule has 3 nitrogen and oxygen atoms in total. The van der Waals surface area contributed by atoms with Crippen molar-refractivity contribution < 1.29 is 30.2 Å². The van der Waals surface area contributed by atoms with Crippen LogP contribution >= 0.6 is 69.6 Å². The molecule has 84 valence electrons. The van der Waals surface area contributed by atoms with Gasteiger partial charge in [-0.25, -0.2) is 0 Å². The number of alkyl halides is 6. The molecule has 0 amide bonds. The number of hydrogen-bond acceptors (Lipinski definition) is 3. The van der Waals surface area contributed by atoms with Gasteiger partial charge in [0.05, 0.1) is 0 Å². The first kappa shape index (κ1) is 15.7. The van der Waals surface area contributed by atoms with Gasteiger partial charge >= 0.3 is 142 Å². The zero-order valence-electron chi connectivity index (χ0n) is 7.19. The van der Waals surface area contributed by atoms with Crippen molar-refractivity contribution >= 4 is 69.6 Å². The van der Waals surface area contributed by atoms with E-state index in [0.29, 0.717) is 30.2 Å². The van der Waals surface area contributed by atoms with E-state index >= 15 is 0 Å².